The highest BCUT2D eigenvalue weighted by atomic mass is 19.4. The fourth-order valence-corrected chi connectivity index (χ4v) is 3.01. The lowest BCUT2D eigenvalue weighted by atomic mass is 9.72. The Morgan fingerprint density at radius 2 is 1.83 bits per heavy atom. The van der Waals surface area contributed by atoms with Crippen LogP contribution in [0.3, 0.4) is 0 Å². The van der Waals surface area contributed by atoms with Crippen molar-refractivity contribution in [1.82, 2.24) is 0 Å². The predicted molar refractivity (Wildman–Crippen MR) is 42.8 cm³/mol. The molecule has 2 aliphatic carbocycles. The van der Waals surface area contributed by atoms with Crippen molar-refractivity contribution in [3.8, 4) is 0 Å². The molecule has 0 aromatic rings. The summed E-state index contributed by atoms with van der Waals surface area (Å²) in [6.07, 6.45) is 3.71. The molecule has 2 saturated carbocycles. The van der Waals surface area contributed by atoms with Gasteiger partial charge < -0.3 is 12.9 Å². The van der Waals surface area contributed by atoms with Crippen molar-refractivity contribution >= 4 is 6.98 Å². The molecule has 0 radical (unpaired) electrons. The zero-order valence-corrected chi connectivity index (χ0v) is 6.98. The summed E-state index contributed by atoms with van der Waals surface area (Å²) in [6.45, 7) is -4.53. The van der Waals surface area contributed by atoms with E-state index in [1.54, 1.807) is 0 Å². The van der Waals surface area contributed by atoms with Crippen LogP contribution in [0.1, 0.15) is 25.7 Å². The lowest BCUT2D eigenvalue weighted by Crippen LogP contribution is -2.23. The number of hydrogen-bond donors (Lipinski definition) is 0. The van der Waals surface area contributed by atoms with Gasteiger partial charge in [-0.2, -0.15) is 0 Å². The number of fused-ring (bicyclic) bond motifs is 2. The monoisotopic (exact) mass is 177 g/mol. The highest BCUT2D eigenvalue weighted by Gasteiger charge is 2.42. The van der Waals surface area contributed by atoms with Crippen LogP contribution in [-0.2, 0) is 0 Å². The van der Waals surface area contributed by atoms with Crippen LogP contribution in [0.5, 0.6) is 0 Å². The first kappa shape index (κ1) is 8.45. The second kappa shape index (κ2) is 2.67. The van der Waals surface area contributed by atoms with Crippen molar-refractivity contribution in [2.24, 2.45) is 17.8 Å². The summed E-state index contributed by atoms with van der Waals surface area (Å²) in [5.74, 6) is 1.04. The molecule has 2 aliphatic rings. The van der Waals surface area contributed by atoms with Gasteiger partial charge in [0, 0.05) is 0 Å². The summed E-state index contributed by atoms with van der Waals surface area (Å²) >= 11 is 0. The fraction of sp³-hybridized carbons (Fsp3) is 1.00. The zero-order chi connectivity index (χ0) is 8.77. The maximum Gasteiger partial charge on any atom is 0.478 e. The maximum absolute atomic E-state index is 12.1. The van der Waals surface area contributed by atoms with E-state index < -0.39 is 13.3 Å². The lowest BCUT2D eigenvalue weighted by Gasteiger charge is -2.26. The maximum atomic E-state index is 12.1. The van der Waals surface area contributed by atoms with Crippen molar-refractivity contribution in [3.05, 3.63) is 0 Å². The van der Waals surface area contributed by atoms with E-state index in [2.05, 4.69) is 0 Å². The van der Waals surface area contributed by atoms with Gasteiger partial charge in [0.25, 0.3) is 0 Å². The molecule has 0 aromatic carbocycles. The number of rotatable bonds is 2. The minimum atomic E-state index is -4.53. The van der Waals surface area contributed by atoms with Gasteiger partial charge >= 0.3 is 6.98 Å². The molecule has 12 heavy (non-hydrogen) atoms. The quantitative estimate of drug-likeness (QED) is 0.567. The van der Waals surface area contributed by atoms with E-state index in [0.717, 1.165) is 19.3 Å². The minimum Gasteiger partial charge on any atom is -0.449 e. The molecular formula is C8H13BF3-. The molecular weight excluding hydrogens is 164 g/mol. The Hall–Kier alpha value is -0.145. The third-order valence-electron chi connectivity index (χ3n) is 3.45. The summed E-state index contributed by atoms with van der Waals surface area (Å²) < 4.78 is 36.3. The molecule has 0 spiro atoms. The highest BCUT2D eigenvalue weighted by Crippen LogP contribution is 2.51. The molecule has 70 valence electrons. The van der Waals surface area contributed by atoms with Gasteiger partial charge in [-0.05, 0) is 18.3 Å². The van der Waals surface area contributed by atoms with Gasteiger partial charge in [-0.1, -0.05) is 31.5 Å². The van der Waals surface area contributed by atoms with Crippen molar-refractivity contribution in [2.45, 2.75) is 32.0 Å². The summed E-state index contributed by atoms with van der Waals surface area (Å²) in [4.78, 5) is 0. The summed E-state index contributed by atoms with van der Waals surface area (Å²) in [7, 11) is 0. The Morgan fingerprint density at radius 1 is 1.08 bits per heavy atom. The molecule has 0 aliphatic heterocycles. The molecule has 4 heteroatoms. The van der Waals surface area contributed by atoms with Crippen LogP contribution in [0.15, 0.2) is 0 Å². The topological polar surface area (TPSA) is 0 Å². The van der Waals surface area contributed by atoms with Gasteiger partial charge in [-0.3, -0.25) is 0 Å². The molecule has 2 fully saturated rings. The fourth-order valence-electron chi connectivity index (χ4n) is 3.01. The second-order valence-corrected chi connectivity index (χ2v) is 4.38. The van der Waals surface area contributed by atoms with E-state index in [9.17, 15) is 12.9 Å². The van der Waals surface area contributed by atoms with Gasteiger partial charge in [0.15, 0.2) is 0 Å². The first-order valence-corrected chi connectivity index (χ1v) is 4.75. The van der Waals surface area contributed by atoms with Crippen LogP contribution < -0.4 is 0 Å². The first-order valence-electron chi connectivity index (χ1n) is 4.75. The lowest BCUT2D eigenvalue weighted by molar-refractivity contribution is 0.327. The minimum absolute atomic E-state index is 0.0104. The normalized spacial score (nSPS) is 40.8. The van der Waals surface area contributed by atoms with Gasteiger partial charge in [0.1, 0.15) is 0 Å². The van der Waals surface area contributed by atoms with E-state index in [-0.39, 0.29) is 5.92 Å². The van der Waals surface area contributed by atoms with Crippen LogP contribution in [-0.4, -0.2) is 6.98 Å². The van der Waals surface area contributed by atoms with Crippen LogP contribution in [0.2, 0.25) is 6.32 Å². The van der Waals surface area contributed by atoms with Gasteiger partial charge in [-0.25, -0.2) is 0 Å². The van der Waals surface area contributed by atoms with Crippen LogP contribution in [0.25, 0.3) is 0 Å². The van der Waals surface area contributed by atoms with Crippen LogP contribution in [0.4, 0.5) is 12.9 Å². The summed E-state index contributed by atoms with van der Waals surface area (Å²) in [5.41, 5.74) is 0. The molecule has 3 atom stereocenters. The van der Waals surface area contributed by atoms with Gasteiger partial charge in [0.05, 0.1) is 0 Å². The highest BCUT2D eigenvalue weighted by molar-refractivity contribution is 6.58. The summed E-state index contributed by atoms with van der Waals surface area (Å²) in [6, 6.07) is 0. The molecule has 3 unspecified atom stereocenters. The molecule has 0 heterocycles. The Kier molecular flexibility index (Phi) is 1.88. The third-order valence-corrected chi connectivity index (χ3v) is 3.45. The Morgan fingerprint density at radius 3 is 2.25 bits per heavy atom. The first-order chi connectivity index (χ1) is 5.54. The van der Waals surface area contributed by atoms with E-state index in [1.165, 1.54) is 6.42 Å². The largest absolute Gasteiger partial charge is 0.478 e. The average Bonchev–Trinajstić information content (AvgIpc) is 2.42. The van der Waals surface area contributed by atoms with E-state index in [4.69, 9.17) is 0 Å². The van der Waals surface area contributed by atoms with E-state index in [0.29, 0.717) is 11.8 Å². The smallest absolute Gasteiger partial charge is 0.449 e. The van der Waals surface area contributed by atoms with Crippen LogP contribution >= 0.6 is 0 Å². The molecule has 0 amide bonds. The zero-order valence-electron chi connectivity index (χ0n) is 6.98. The number of hydrogen-bond acceptors (Lipinski definition) is 0. The standard InChI is InChI=1S/C8H13BF3/c10-9(11,12)5-8-4-6-1-2-7(8)3-6/h6-8H,1-5H2/q-1. The molecule has 0 saturated heterocycles. The Bertz CT molecular complexity index is 178. The van der Waals surface area contributed by atoms with E-state index >= 15 is 0 Å². The molecule has 2 rings (SSSR count). The van der Waals surface area contributed by atoms with Crippen LogP contribution in [0, 0.1) is 17.8 Å². The summed E-state index contributed by atoms with van der Waals surface area (Å²) in [5, 5.41) is 0. The third kappa shape index (κ3) is 1.62. The molecule has 0 aromatic heterocycles. The van der Waals surface area contributed by atoms with Gasteiger partial charge in [-0.15, -0.1) is 0 Å². The van der Waals surface area contributed by atoms with E-state index in [1.807, 2.05) is 0 Å². The predicted octanol–water partition coefficient (Wildman–Crippen LogP) is 3.27. The molecule has 0 N–H and O–H groups in total. The van der Waals surface area contributed by atoms with Gasteiger partial charge in [0.2, 0.25) is 0 Å². The average molecular weight is 177 g/mol. The molecule has 0 nitrogen and oxygen atoms in total. The Balaban J connectivity index is 1.91. The SMILES string of the molecule is F[B-](F)(F)CC1CC2CCC1C2. The second-order valence-electron chi connectivity index (χ2n) is 4.38. The molecule has 2 bridgehead atoms. The van der Waals surface area contributed by atoms with Crippen molar-refractivity contribution in [2.75, 3.05) is 0 Å². The number of halogens is 3. The van der Waals surface area contributed by atoms with Crippen molar-refractivity contribution in [1.29, 1.82) is 0 Å². The van der Waals surface area contributed by atoms with Crippen molar-refractivity contribution in [3.63, 3.8) is 0 Å². The Labute approximate surface area is 70.6 Å². The van der Waals surface area contributed by atoms with Crippen molar-refractivity contribution < 1.29 is 12.9 Å².